The fourth-order valence-electron chi connectivity index (χ4n) is 4.30. The van der Waals surface area contributed by atoms with E-state index in [9.17, 15) is 8.78 Å². The van der Waals surface area contributed by atoms with Crippen LogP contribution in [0.4, 0.5) is 14.5 Å². The summed E-state index contributed by atoms with van der Waals surface area (Å²) in [5.41, 5.74) is 2.93. The van der Waals surface area contributed by atoms with Crippen LogP contribution in [0.25, 0.3) is 11.0 Å². The summed E-state index contributed by atoms with van der Waals surface area (Å²) >= 11 is 0. The molecule has 0 radical (unpaired) electrons. The van der Waals surface area contributed by atoms with Gasteiger partial charge in [0, 0.05) is 51.5 Å². The monoisotopic (exact) mass is 440 g/mol. The van der Waals surface area contributed by atoms with Crippen LogP contribution < -0.4 is 15.5 Å². The van der Waals surface area contributed by atoms with Gasteiger partial charge in [0.25, 0.3) is 0 Å². The number of fused-ring (bicyclic) bond motifs is 1. The average Bonchev–Trinajstić information content (AvgIpc) is 3.39. The lowest BCUT2D eigenvalue weighted by Crippen LogP contribution is -2.40. The van der Waals surface area contributed by atoms with Gasteiger partial charge in [0.2, 0.25) is 0 Å². The molecule has 4 rings (SSSR count). The van der Waals surface area contributed by atoms with Crippen LogP contribution in [-0.2, 0) is 6.54 Å². The zero-order chi connectivity index (χ0) is 22.5. The molecule has 2 heterocycles. The predicted molar refractivity (Wildman–Crippen MR) is 125 cm³/mol. The lowest BCUT2D eigenvalue weighted by Gasteiger charge is -2.19. The molecule has 2 aromatic carbocycles. The number of aromatic nitrogens is 2. The van der Waals surface area contributed by atoms with E-state index in [2.05, 4.69) is 36.1 Å². The standard InChI is InChI=1S/C24H30F2N6/c1-17-30-22-6-3-4-7-23(22)32(17)12-5-11-28-24(27-2)29-15-18-10-13-31(16-18)19-8-9-20(25)21(26)14-19/h3-4,6-9,14,18H,5,10-13,15-16H2,1-2H3,(H2,27,28,29). The Balaban J connectivity index is 1.21. The third kappa shape index (κ3) is 5.00. The van der Waals surface area contributed by atoms with Gasteiger partial charge >= 0.3 is 0 Å². The second-order valence-electron chi connectivity index (χ2n) is 8.23. The molecular weight excluding hydrogens is 410 g/mol. The van der Waals surface area contributed by atoms with Crippen molar-refractivity contribution in [2.45, 2.75) is 26.3 Å². The maximum absolute atomic E-state index is 13.5. The summed E-state index contributed by atoms with van der Waals surface area (Å²) in [6.07, 6.45) is 1.95. The van der Waals surface area contributed by atoms with Crippen LogP contribution in [0.3, 0.4) is 0 Å². The Labute approximate surface area is 187 Å². The highest BCUT2D eigenvalue weighted by atomic mass is 19.2. The van der Waals surface area contributed by atoms with E-state index >= 15 is 0 Å². The normalized spacial score (nSPS) is 16.7. The van der Waals surface area contributed by atoms with Crippen molar-refractivity contribution in [1.82, 2.24) is 20.2 Å². The number of guanidine groups is 1. The first-order chi connectivity index (χ1) is 15.5. The molecule has 1 aromatic heterocycles. The maximum atomic E-state index is 13.5. The van der Waals surface area contributed by atoms with Crippen molar-refractivity contribution in [3.63, 3.8) is 0 Å². The summed E-state index contributed by atoms with van der Waals surface area (Å²) < 4.78 is 29.0. The van der Waals surface area contributed by atoms with Crippen LogP contribution >= 0.6 is 0 Å². The van der Waals surface area contributed by atoms with Crippen LogP contribution in [0.15, 0.2) is 47.5 Å². The van der Waals surface area contributed by atoms with Crippen molar-refractivity contribution in [3.8, 4) is 0 Å². The number of hydrogen-bond donors (Lipinski definition) is 2. The van der Waals surface area contributed by atoms with Gasteiger partial charge in [-0.15, -0.1) is 0 Å². The minimum absolute atomic E-state index is 0.418. The Kier molecular flexibility index (Phi) is 6.87. The zero-order valence-electron chi connectivity index (χ0n) is 18.6. The molecule has 2 N–H and O–H groups in total. The first-order valence-electron chi connectivity index (χ1n) is 11.1. The predicted octanol–water partition coefficient (Wildman–Crippen LogP) is 3.70. The molecule has 3 aromatic rings. The first-order valence-corrected chi connectivity index (χ1v) is 11.1. The van der Waals surface area contributed by atoms with Gasteiger partial charge in [0.05, 0.1) is 11.0 Å². The van der Waals surface area contributed by atoms with Crippen LogP contribution in [0, 0.1) is 24.5 Å². The van der Waals surface area contributed by atoms with Crippen molar-refractivity contribution in [2.75, 3.05) is 38.1 Å². The van der Waals surface area contributed by atoms with E-state index in [1.54, 1.807) is 13.1 Å². The van der Waals surface area contributed by atoms with Gasteiger partial charge in [-0.25, -0.2) is 13.8 Å². The maximum Gasteiger partial charge on any atom is 0.190 e. The minimum atomic E-state index is -0.808. The second-order valence-corrected chi connectivity index (χ2v) is 8.23. The van der Waals surface area contributed by atoms with E-state index in [1.165, 1.54) is 17.6 Å². The molecule has 0 spiro atoms. The molecule has 1 unspecified atom stereocenters. The largest absolute Gasteiger partial charge is 0.371 e. The van der Waals surface area contributed by atoms with Gasteiger partial charge in [-0.3, -0.25) is 4.99 Å². The smallest absolute Gasteiger partial charge is 0.190 e. The molecular formula is C24H30F2N6. The fourth-order valence-corrected chi connectivity index (χ4v) is 4.30. The molecule has 6 nitrogen and oxygen atoms in total. The summed E-state index contributed by atoms with van der Waals surface area (Å²) in [4.78, 5) is 11.0. The molecule has 1 atom stereocenters. The van der Waals surface area contributed by atoms with Crippen molar-refractivity contribution in [3.05, 3.63) is 59.9 Å². The lowest BCUT2D eigenvalue weighted by molar-refractivity contribution is 0.508. The average molecular weight is 441 g/mol. The highest BCUT2D eigenvalue weighted by Gasteiger charge is 2.23. The van der Waals surface area contributed by atoms with Gasteiger partial charge in [-0.2, -0.15) is 0 Å². The summed E-state index contributed by atoms with van der Waals surface area (Å²) in [5.74, 6) is 0.621. The Hall–Kier alpha value is -3.16. The van der Waals surface area contributed by atoms with E-state index in [0.29, 0.717) is 5.92 Å². The number of halogens is 2. The highest BCUT2D eigenvalue weighted by Crippen LogP contribution is 2.25. The Morgan fingerprint density at radius 1 is 1.16 bits per heavy atom. The number of benzene rings is 2. The second kappa shape index (κ2) is 9.97. The number of nitrogens with one attached hydrogen (secondary N) is 2. The van der Waals surface area contributed by atoms with E-state index < -0.39 is 11.6 Å². The van der Waals surface area contributed by atoms with Crippen molar-refractivity contribution >= 4 is 22.7 Å². The summed E-state index contributed by atoms with van der Waals surface area (Å²) in [6, 6.07) is 12.3. The third-order valence-corrected chi connectivity index (χ3v) is 6.03. The SMILES string of the molecule is CN=C(NCCCn1c(C)nc2ccccc21)NCC1CCN(c2ccc(F)c(F)c2)C1. The van der Waals surface area contributed by atoms with Gasteiger partial charge in [-0.1, -0.05) is 12.1 Å². The van der Waals surface area contributed by atoms with E-state index in [-0.39, 0.29) is 0 Å². The molecule has 1 saturated heterocycles. The third-order valence-electron chi connectivity index (χ3n) is 6.03. The van der Waals surface area contributed by atoms with Gasteiger partial charge in [0.1, 0.15) is 5.82 Å². The van der Waals surface area contributed by atoms with Crippen molar-refractivity contribution < 1.29 is 8.78 Å². The van der Waals surface area contributed by atoms with Gasteiger partial charge in [-0.05, 0) is 49.9 Å². The Morgan fingerprint density at radius 2 is 2.00 bits per heavy atom. The minimum Gasteiger partial charge on any atom is -0.371 e. The van der Waals surface area contributed by atoms with Gasteiger partial charge < -0.3 is 20.1 Å². The summed E-state index contributed by atoms with van der Waals surface area (Å²) in [6.45, 7) is 6.16. The van der Waals surface area contributed by atoms with Crippen LogP contribution in [0.1, 0.15) is 18.7 Å². The molecule has 1 fully saturated rings. The number of aryl methyl sites for hydroxylation is 2. The molecule has 170 valence electrons. The quantitative estimate of drug-likeness (QED) is 0.334. The highest BCUT2D eigenvalue weighted by molar-refractivity contribution is 5.79. The lowest BCUT2D eigenvalue weighted by atomic mass is 10.1. The number of imidazole rings is 1. The number of nitrogens with zero attached hydrogens (tertiary/aromatic N) is 4. The Bertz CT molecular complexity index is 1090. The van der Waals surface area contributed by atoms with Crippen molar-refractivity contribution in [2.24, 2.45) is 10.9 Å². The first kappa shape index (κ1) is 22.0. The number of aliphatic imine (C=N–C) groups is 1. The summed E-state index contributed by atoms with van der Waals surface area (Å²) in [5, 5.41) is 6.78. The van der Waals surface area contributed by atoms with Crippen LogP contribution in [0.2, 0.25) is 0 Å². The van der Waals surface area contributed by atoms with Crippen molar-refractivity contribution in [1.29, 1.82) is 0 Å². The molecule has 0 bridgehead atoms. The molecule has 1 aliphatic rings. The number of para-hydroxylation sites is 2. The van der Waals surface area contributed by atoms with Gasteiger partial charge in [0.15, 0.2) is 17.6 Å². The van der Waals surface area contributed by atoms with E-state index in [1.807, 2.05) is 25.1 Å². The Morgan fingerprint density at radius 3 is 2.81 bits per heavy atom. The number of rotatable bonds is 7. The van der Waals surface area contributed by atoms with Crippen LogP contribution in [-0.4, -0.2) is 48.7 Å². The molecule has 8 heteroatoms. The van der Waals surface area contributed by atoms with E-state index in [4.69, 9.17) is 0 Å². The van der Waals surface area contributed by atoms with Crippen LogP contribution in [0.5, 0.6) is 0 Å². The zero-order valence-corrected chi connectivity index (χ0v) is 18.6. The van der Waals surface area contributed by atoms with E-state index in [0.717, 1.165) is 68.6 Å². The molecule has 0 saturated carbocycles. The topological polar surface area (TPSA) is 57.5 Å². The summed E-state index contributed by atoms with van der Waals surface area (Å²) in [7, 11) is 1.77. The number of hydrogen-bond acceptors (Lipinski definition) is 3. The molecule has 0 amide bonds. The fraction of sp³-hybridized carbons (Fsp3) is 0.417. The molecule has 32 heavy (non-hydrogen) atoms. The molecule has 0 aliphatic carbocycles. The number of anilines is 1. The molecule has 1 aliphatic heterocycles.